The van der Waals surface area contributed by atoms with Crippen molar-refractivity contribution < 1.29 is 14.3 Å². The maximum Gasteiger partial charge on any atom is 0.254 e. The second-order valence-electron chi connectivity index (χ2n) is 6.76. The number of carbonyl (C=O) groups is 1. The molecule has 0 unspecified atom stereocenters. The van der Waals surface area contributed by atoms with E-state index in [4.69, 9.17) is 9.47 Å². The van der Waals surface area contributed by atoms with Gasteiger partial charge >= 0.3 is 0 Å². The lowest BCUT2D eigenvalue weighted by molar-refractivity contribution is 0.0734. The van der Waals surface area contributed by atoms with Crippen LogP contribution in [0.4, 0.5) is 0 Å². The van der Waals surface area contributed by atoms with E-state index in [2.05, 4.69) is 5.10 Å². The number of aromatic nitrogens is 2. The summed E-state index contributed by atoms with van der Waals surface area (Å²) in [6.07, 6.45) is 5.50. The molecule has 28 heavy (non-hydrogen) atoms. The van der Waals surface area contributed by atoms with Gasteiger partial charge in [0.1, 0.15) is 11.5 Å². The number of benzene rings is 2. The van der Waals surface area contributed by atoms with Gasteiger partial charge in [-0.15, -0.1) is 0 Å². The summed E-state index contributed by atoms with van der Waals surface area (Å²) in [7, 11) is 3.28. The second kappa shape index (κ2) is 7.76. The highest BCUT2D eigenvalue weighted by atomic mass is 16.5. The quantitative estimate of drug-likeness (QED) is 0.677. The van der Waals surface area contributed by atoms with E-state index >= 15 is 0 Å². The first-order valence-corrected chi connectivity index (χ1v) is 9.34. The number of hydrogen-bond donors (Lipinski definition) is 0. The molecule has 6 nitrogen and oxygen atoms in total. The molecule has 0 bridgehead atoms. The lowest BCUT2D eigenvalue weighted by Gasteiger charge is -2.26. The standard InChI is InChI=1S/C22H23N3O3/c1-27-18-10-11-19(21(15-18)28-2)20-5-3-13-24(20)22(26)16-6-8-17(9-7-16)25-14-4-12-23-25/h4,6-12,14-15,20H,3,5,13H2,1-2H3/t20-/m1/s1. The molecule has 1 amide bonds. The summed E-state index contributed by atoms with van der Waals surface area (Å²) in [5.74, 6) is 1.52. The van der Waals surface area contributed by atoms with Gasteiger partial charge in [-0.25, -0.2) is 4.68 Å². The Labute approximate surface area is 164 Å². The van der Waals surface area contributed by atoms with E-state index < -0.39 is 0 Å². The summed E-state index contributed by atoms with van der Waals surface area (Å²) < 4.78 is 12.6. The molecule has 0 N–H and O–H groups in total. The minimum atomic E-state index is -0.000789. The van der Waals surface area contributed by atoms with Crippen LogP contribution in [0.25, 0.3) is 5.69 Å². The Morgan fingerprint density at radius 2 is 1.93 bits per heavy atom. The van der Waals surface area contributed by atoms with E-state index in [1.807, 2.05) is 59.6 Å². The highest BCUT2D eigenvalue weighted by molar-refractivity contribution is 5.95. The molecule has 144 valence electrons. The van der Waals surface area contributed by atoms with E-state index in [-0.39, 0.29) is 11.9 Å². The zero-order valence-electron chi connectivity index (χ0n) is 16.0. The van der Waals surface area contributed by atoms with E-state index in [9.17, 15) is 4.79 Å². The molecule has 1 aromatic heterocycles. The number of nitrogens with zero attached hydrogens (tertiary/aromatic N) is 3. The number of likely N-dealkylation sites (tertiary alicyclic amines) is 1. The van der Waals surface area contributed by atoms with Crippen LogP contribution in [0.15, 0.2) is 60.9 Å². The lowest BCUT2D eigenvalue weighted by Crippen LogP contribution is -2.30. The summed E-state index contributed by atoms with van der Waals surface area (Å²) in [5.41, 5.74) is 2.62. The van der Waals surface area contributed by atoms with Crippen LogP contribution >= 0.6 is 0 Å². The van der Waals surface area contributed by atoms with E-state index in [1.54, 1.807) is 25.1 Å². The van der Waals surface area contributed by atoms with Crippen molar-refractivity contribution in [2.45, 2.75) is 18.9 Å². The van der Waals surface area contributed by atoms with Crippen LogP contribution in [-0.4, -0.2) is 41.4 Å². The number of carbonyl (C=O) groups excluding carboxylic acids is 1. The van der Waals surface area contributed by atoms with Crippen LogP contribution in [0.2, 0.25) is 0 Å². The first kappa shape index (κ1) is 18.1. The normalized spacial score (nSPS) is 16.2. The van der Waals surface area contributed by atoms with Crippen LogP contribution in [0.1, 0.15) is 34.8 Å². The van der Waals surface area contributed by atoms with Crippen LogP contribution in [0, 0.1) is 0 Å². The molecule has 0 saturated carbocycles. The summed E-state index contributed by atoms with van der Waals surface area (Å²) in [4.78, 5) is 15.1. The number of rotatable bonds is 5. The van der Waals surface area contributed by atoms with Gasteiger partial charge in [-0.3, -0.25) is 4.79 Å². The predicted molar refractivity (Wildman–Crippen MR) is 106 cm³/mol. The fourth-order valence-corrected chi connectivity index (χ4v) is 3.77. The molecule has 2 aromatic carbocycles. The summed E-state index contributed by atoms with van der Waals surface area (Å²) >= 11 is 0. The minimum Gasteiger partial charge on any atom is -0.497 e. The van der Waals surface area contributed by atoms with Crippen molar-refractivity contribution in [1.29, 1.82) is 0 Å². The van der Waals surface area contributed by atoms with Crippen molar-refractivity contribution in [2.75, 3.05) is 20.8 Å². The third-order valence-corrected chi connectivity index (χ3v) is 5.20. The molecular formula is C22H23N3O3. The van der Waals surface area contributed by atoms with Gasteiger partial charge in [-0.2, -0.15) is 5.10 Å². The van der Waals surface area contributed by atoms with Gasteiger partial charge in [0.05, 0.1) is 25.9 Å². The van der Waals surface area contributed by atoms with Gasteiger partial charge in [-0.1, -0.05) is 0 Å². The first-order chi connectivity index (χ1) is 13.7. The third-order valence-electron chi connectivity index (χ3n) is 5.20. The van der Waals surface area contributed by atoms with Crippen LogP contribution in [0.5, 0.6) is 11.5 Å². The number of methoxy groups -OCH3 is 2. The van der Waals surface area contributed by atoms with Crippen molar-refractivity contribution >= 4 is 5.91 Å². The molecule has 0 radical (unpaired) electrons. The van der Waals surface area contributed by atoms with Crippen LogP contribution in [-0.2, 0) is 0 Å². The molecular weight excluding hydrogens is 354 g/mol. The van der Waals surface area contributed by atoms with Crippen molar-refractivity contribution in [2.24, 2.45) is 0 Å². The molecule has 1 aliphatic rings. The van der Waals surface area contributed by atoms with Crippen molar-refractivity contribution in [3.8, 4) is 17.2 Å². The molecule has 1 fully saturated rings. The molecule has 4 rings (SSSR count). The van der Waals surface area contributed by atoms with Crippen molar-refractivity contribution in [3.05, 3.63) is 72.1 Å². The SMILES string of the molecule is COc1ccc([C@H]2CCCN2C(=O)c2ccc(-n3cccn3)cc2)c(OC)c1. The Balaban J connectivity index is 1.59. The molecule has 1 aliphatic heterocycles. The molecule has 6 heteroatoms. The Bertz CT molecular complexity index is 952. The van der Waals surface area contributed by atoms with Gasteiger partial charge in [0.25, 0.3) is 5.91 Å². The molecule has 0 spiro atoms. The number of amides is 1. The first-order valence-electron chi connectivity index (χ1n) is 9.34. The third kappa shape index (κ3) is 3.33. The largest absolute Gasteiger partial charge is 0.497 e. The Morgan fingerprint density at radius 1 is 1.11 bits per heavy atom. The number of ether oxygens (including phenoxy) is 2. The molecule has 3 aromatic rings. The number of hydrogen-bond acceptors (Lipinski definition) is 4. The molecule has 2 heterocycles. The molecule has 1 saturated heterocycles. The highest BCUT2D eigenvalue weighted by Gasteiger charge is 2.32. The fraction of sp³-hybridized carbons (Fsp3) is 0.273. The second-order valence-corrected chi connectivity index (χ2v) is 6.76. The predicted octanol–water partition coefficient (Wildman–Crippen LogP) is 3.87. The minimum absolute atomic E-state index is 0.000789. The van der Waals surface area contributed by atoms with Gasteiger partial charge in [0.2, 0.25) is 0 Å². The molecule has 0 aliphatic carbocycles. The van der Waals surface area contributed by atoms with Gasteiger partial charge in [-0.05, 0) is 55.3 Å². The zero-order valence-corrected chi connectivity index (χ0v) is 16.0. The van der Waals surface area contributed by atoms with Gasteiger partial charge in [0, 0.05) is 36.1 Å². The average Bonchev–Trinajstić information content (AvgIpc) is 3.45. The Morgan fingerprint density at radius 3 is 2.61 bits per heavy atom. The smallest absolute Gasteiger partial charge is 0.254 e. The lowest BCUT2D eigenvalue weighted by atomic mass is 10.0. The van der Waals surface area contributed by atoms with Gasteiger partial charge in [0.15, 0.2) is 0 Å². The Kier molecular flexibility index (Phi) is 5.02. The fourth-order valence-electron chi connectivity index (χ4n) is 3.77. The monoisotopic (exact) mass is 377 g/mol. The summed E-state index contributed by atoms with van der Waals surface area (Å²) in [5, 5.41) is 4.22. The average molecular weight is 377 g/mol. The maximum absolute atomic E-state index is 13.2. The van der Waals surface area contributed by atoms with E-state index in [0.29, 0.717) is 5.56 Å². The molecule has 1 atom stereocenters. The highest BCUT2D eigenvalue weighted by Crippen LogP contribution is 2.39. The topological polar surface area (TPSA) is 56.6 Å². The van der Waals surface area contributed by atoms with E-state index in [1.165, 1.54) is 0 Å². The summed E-state index contributed by atoms with van der Waals surface area (Å²) in [6, 6.07) is 15.2. The van der Waals surface area contributed by atoms with Crippen molar-refractivity contribution in [1.82, 2.24) is 14.7 Å². The Hall–Kier alpha value is -3.28. The van der Waals surface area contributed by atoms with Crippen LogP contribution < -0.4 is 9.47 Å². The van der Waals surface area contributed by atoms with Crippen molar-refractivity contribution in [3.63, 3.8) is 0 Å². The van der Waals surface area contributed by atoms with E-state index in [0.717, 1.165) is 42.1 Å². The van der Waals surface area contributed by atoms with Gasteiger partial charge < -0.3 is 14.4 Å². The zero-order chi connectivity index (χ0) is 19.5. The maximum atomic E-state index is 13.2. The summed E-state index contributed by atoms with van der Waals surface area (Å²) in [6.45, 7) is 0.736. The van der Waals surface area contributed by atoms with Crippen LogP contribution in [0.3, 0.4) is 0 Å².